The summed E-state index contributed by atoms with van der Waals surface area (Å²) >= 11 is 0. The molecular weight excluding hydrogens is 464 g/mol. The minimum absolute atomic E-state index is 0.161. The number of aliphatic hydroxyl groups is 1. The standard InChI is InChI=1S/C30H30N4O3/c1-20(19-35)31-27(36)16-12-21-11-15-25-26(17-21)33-30(37)28(25)29(23-7-5-4-6-8-23)32-24-13-9-22(10-14-24)18-34(2)3/h4-11,13-15,17,20,32,35H,18-19H2,1-3H3,(H,31,36)(H,33,37)/b29-28-/t20-/m1/s1. The first-order chi connectivity index (χ1) is 17.8. The second-order valence-electron chi connectivity index (χ2n) is 9.20. The second kappa shape index (κ2) is 11.6. The lowest BCUT2D eigenvalue weighted by Gasteiger charge is -2.16. The zero-order valence-corrected chi connectivity index (χ0v) is 21.1. The summed E-state index contributed by atoms with van der Waals surface area (Å²) in [6, 6.07) is 22.9. The number of rotatable bonds is 7. The molecule has 0 saturated carbocycles. The molecule has 37 heavy (non-hydrogen) atoms. The number of nitrogens with one attached hydrogen (secondary N) is 3. The predicted molar refractivity (Wildman–Crippen MR) is 147 cm³/mol. The Labute approximate surface area is 217 Å². The molecular formula is C30H30N4O3. The maximum Gasteiger partial charge on any atom is 0.296 e. The van der Waals surface area contributed by atoms with Gasteiger partial charge in [0.1, 0.15) is 0 Å². The molecule has 0 radical (unpaired) electrons. The van der Waals surface area contributed by atoms with Crippen molar-refractivity contribution in [1.82, 2.24) is 10.2 Å². The van der Waals surface area contributed by atoms with Gasteiger partial charge in [-0.05, 0) is 56.4 Å². The summed E-state index contributed by atoms with van der Waals surface area (Å²) < 4.78 is 0. The van der Waals surface area contributed by atoms with Gasteiger partial charge in [0, 0.05) is 29.3 Å². The Morgan fingerprint density at radius 1 is 1.05 bits per heavy atom. The first kappa shape index (κ1) is 25.7. The first-order valence-corrected chi connectivity index (χ1v) is 12.0. The number of anilines is 2. The van der Waals surface area contributed by atoms with Crippen molar-refractivity contribution in [3.05, 3.63) is 95.1 Å². The van der Waals surface area contributed by atoms with E-state index in [-0.39, 0.29) is 18.6 Å². The van der Waals surface area contributed by atoms with E-state index in [2.05, 4.69) is 44.8 Å². The van der Waals surface area contributed by atoms with E-state index in [4.69, 9.17) is 5.11 Å². The van der Waals surface area contributed by atoms with Gasteiger partial charge in [-0.15, -0.1) is 0 Å². The Bertz CT molecular complexity index is 1380. The van der Waals surface area contributed by atoms with Gasteiger partial charge in [0.25, 0.3) is 11.8 Å². The van der Waals surface area contributed by atoms with Gasteiger partial charge >= 0.3 is 0 Å². The zero-order chi connectivity index (χ0) is 26.4. The van der Waals surface area contributed by atoms with Crippen LogP contribution in [0.5, 0.6) is 0 Å². The van der Waals surface area contributed by atoms with Crippen molar-refractivity contribution in [3.63, 3.8) is 0 Å². The maximum absolute atomic E-state index is 13.2. The summed E-state index contributed by atoms with van der Waals surface area (Å²) in [5.74, 6) is 4.66. The van der Waals surface area contributed by atoms with Crippen molar-refractivity contribution in [2.24, 2.45) is 0 Å². The van der Waals surface area contributed by atoms with E-state index in [0.29, 0.717) is 22.5 Å². The Hall–Kier alpha value is -4.38. The average molecular weight is 495 g/mol. The summed E-state index contributed by atoms with van der Waals surface area (Å²) in [5, 5.41) is 18.1. The number of hydrogen-bond donors (Lipinski definition) is 4. The lowest BCUT2D eigenvalue weighted by Crippen LogP contribution is -2.33. The summed E-state index contributed by atoms with van der Waals surface area (Å²) in [5.41, 5.74) is 6.18. The molecule has 3 aromatic carbocycles. The molecule has 2 amide bonds. The highest BCUT2D eigenvalue weighted by atomic mass is 16.3. The van der Waals surface area contributed by atoms with Crippen molar-refractivity contribution in [2.45, 2.75) is 19.5 Å². The molecule has 0 bridgehead atoms. The molecule has 0 spiro atoms. The zero-order valence-electron chi connectivity index (χ0n) is 21.1. The van der Waals surface area contributed by atoms with E-state index in [1.54, 1.807) is 19.1 Å². The third-order valence-electron chi connectivity index (χ3n) is 5.77. The van der Waals surface area contributed by atoms with E-state index in [9.17, 15) is 9.59 Å². The van der Waals surface area contributed by atoms with Gasteiger partial charge in [0.15, 0.2) is 0 Å². The summed E-state index contributed by atoms with van der Waals surface area (Å²) in [7, 11) is 4.06. The first-order valence-electron chi connectivity index (χ1n) is 12.0. The lowest BCUT2D eigenvalue weighted by atomic mass is 9.99. The van der Waals surface area contributed by atoms with Gasteiger partial charge in [-0.3, -0.25) is 9.59 Å². The fraction of sp³-hybridized carbons (Fsp3) is 0.200. The molecule has 0 unspecified atom stereocenters. The monoisotopic (exact) mass is 494 g/mol. The van der Waals surface area contributed by atoms with Crippen LogP contribution in [-0.4, -0.2) is 48.6 Å². The van der Waals surface area contributed by atoms with E-state index in [1.807, 2.05) is 62.6 Å². The van der Waals surface area contributed by atoms with Gasteiger partial charge in [0.05, 0.1) is 29.6 Å². The maximum atomic E-state index is 13.2. The number of carbonyl (C=O) groups excluding carboxylic acids is 2. The highest BCUT2D eigenvalue weighted by Gasteiger charge is 2.28. The molecule has 7 nitrogen and oxygen atoms in total. The minimum Gasteiger partial charge on any atom is -0.394 e. The number of fused-ring (bicyclic) bond motifs is 1. The van der Waals surface area contributed by atoms with Crippen LogP contribution in [-0.2, 0) is 16.1 Å². The summed E-state index contributed by atoms with van der Waals surface area (Å²) in [6.45, 7) is 2.37. The normalized spacial score (nSPS) is 14.2. The average Bonchev–Trinajstić information content (AvgIpc) is 3.21. The molecule has 7 heteroatoms. The molecule has 188 valence electrons. The van der Waals surface area contributed by atoms with Crippen LogP contribution in [0.15, 0.2) is 72.8 Å². The van der Waals surface area contributed by atoms with E-state index in [0.717, 1.165) is 23.4 Å². The van der Waals surface area contributed by atoms with Crippen LogP contribution in [0.2, 0.25) is 0 Å². The highest BCUT2D eigenvalue weighted by molar-refractivity contribution is 6.37. The van der Waals surface area contributed by atoms with Crippen molar-refractivity contribution in [2.75, 3.05) is 31.3 Å². The van der Waals surface area contributed by atoms with Crippen LogP contribution in [0.4, 0.5) is 11.4 Å². The van der Waals surface area contributed by atoms with Crippen molar-refractivity contribution in [1.29, 1.82) is 0 Å². The number of amides is 2. The molecule has 0 aromatic heterocycles. The molecule has 3 aromatic rings. The largest absolute Gasteiger partial charge is 0.394 e. The predicted octanol–water partition coefficient (Wildman–Crippen LogP) is 3.53. The fourth-order valence-electron chi connectivity index (χ4n) is 4.02. The van der Waals surface area contributed by atoms with Gasteiger partial charge in [-0.1, -0.05) is 54.5 Å². The fourth-order valence-corrected chi connectivity index (χ4v) is 4.02. The van der Waals surface area contributed by atoms with Crippen LogP contribution in [0.1, 0.15) is 29.2 Å². The molecule has 0 fully saturated rings. The van der Waals surface area contributed by atoms with Gasteiger partial charge < -0.3 is 26.0 Å². The van der Waals surface area contributed by atoms with Gasteiger partial charge in [-0.25, -0.2) is 0 Å². The number of carbonyl (C=O) groups is 2. The van der Waals surface area contributed by atoms with Crippen molar-refractivity contribution >= 4 is 34.5 Å². The molecule has 1 aliphatic heterocycles. The van der Waals surface area contributed by atoms with Crippen LogP contribution in [0, 0.1) is 11.8 Å². The summed E-state index contributed by atoms with van der Waals surface area (Å²) in [4.78, 5) is 27.2. The third kappa shape index (κ3) is 6.44. The number of aliphatic hydroxyl groups excluding tert-OH is 1. The highest BCUT2D eigenvalue weighted by Crippen LogP contribution is 2.38. The van der Waals surface area contributed by atoms with Crippen molar-refractivity contribution < 1.29 is 14.7 Å². The second-order valence-corrected chi connectivity index (χ2v) is 9.20. The van der Waals surface area contributed by atoms with Gasteiger partial charge in [0.2, 0.25) is 0 Å². The van der Waals surface area contributed by atoms with Gasteiger partial charge in [-0.2, -0.15) is 0 Å². The van der Waals surface area contributed by atoms with Crippen LogP contribution >= 0.6 is 0 Å². The lowest BCUT2D eigenvalue weighted by molar-refractivity contribution is -0.116. The van der Waals surface area contributed by atoms with Crippen LogP contribution < -0.4 is 16.0 Å². The van der Waals surface area contributed by atoms with Crippen LogP contribution in [0.25, 0.3) is 11.3 Å². The van der Waals surface area contributed by atoms with E-state index < -0.39 is 5.91 Å². The van der Waals surface area contributed by atoms with E-state index >= 15 is 0 Å². The SMILES string of the molecule is C[C@H](CO)NC(=O)C#Cc1ccc2c(c1)NC(=O)/C2=C(\Nc1ccc(CN(C)C)cc1)c1ccccc1. The molecule has 1 aliphatic rings. The number of hydrogen-bond acceptors (Lipinski definition) is 5. The Morgan fingerprint density at radius 2 is 1.78 bits per heavy atom. The number of benzene rings is 3. The molecule has 1 heterocycles. The Balaban J connectivity index is 1.68. The molecule has 0 saturated heterocycles. The smallest absolute Gasteiger partial charge is 0.296 e. The molecule has 4 N–H and O–H groups in total. The molecule has 0 aliphatic carbocycles. The minimum atomic E-state index is -0.473. The van der Waals surface area contributed by atoms with Crippen molar-refractivity contribution in [3.8, 4) is 11.8 Å². The quantitative estimate of drug-likeness (QED) is 0.298. The molecule has 4 rings (SSSR count). The molecule has 1 atom stereocenters. The Morgan fingerprint density at radius 3 is 2.46 bits per heavy atom. The van der Waals surface area contributed by atoms with Crippen LogP contribution in [0.3, 0.4) is 0 Å². The third-order valence-corrected chi connectivity index (χ3v) is 5.77. The van der Waals surface area contributed by atoms with E-state index in [1.165, 1.54) is 5.56 Å². The number of nitrogens with zero attached hydrogens (tertiary/aromatic N) is 1. The topological polar surface area (TPSA) is 93.7 Å². The summed E-state index contributed by atoms with van der Waals surface area (Å²) in [6.07, 6.45) is 0. The Kier molecular flexibility index (Phi) is 8.04.